The molecule has 0 aliphatic carbocycles. The molecule has 4 nitrogen and oxygen atoms in total. The van der Waals surface area contributed by atoms with Gasteiger partial charge >= 0.3 is 0 Å². The van der Waals surface area contributed by atoms with Crippen LogP contribution in [0.1, 0.15) is 13.3 Å². The fourth-order valence-corrected chi connectivity index (χ4v) is 0.599. The number of aliphatic hydroxyl groups is 2. The zero-order valence-corrected chi connectivity index (χ0v) is 6.87. The zero-order chi connectivity index (χ0) is 9.72. The summed E-state index contributed by atoms with van der Waals surface area (Å²) in [5.41, 5.74) is -0.245. The molecule has 0 spiro atoms. The van der Waals surface area contributed by atoms with Crippen LogP contribution in [0.3, 0.4) is 0 Å². The Balaban J connectivity index is 4.99. The summed E-state index contributed by atoms with van der Waals surface area (Å²) in [6.45, 7) is 7.75. The molecule has 0 aliphatic heterocycles. The number of carbonyl (C=O) groups is 1. The fourth-order valence-electron chi connectivity index (χ4n) is 0.599. The van der Waals surface area contributed by atoms with Gasteiger partial charge in [-0.2, -0.15) is 0 Å². The average Bonchev–Trinajstić information content (AvgIpc) is 2.05. The number of ketones is 1. The number of hydrogen-bond acceptors (Lipinski definition) is 4. The second-order valence-corrected chi connectivity index (χ2v) is 2.08. The van der Waals surface area contributed by atoms with Crippen molar-refractivity contribution in [3.63, 3.8) is 0 Å². The average molecular weight is 169 g/mol. The van der Waals surface area contributed by atoms with Crippen LogP contribution in [0.15, 0.2) is 28.8 Å². The van der Waals surface area contributed by atoms with Crippen LogP contribution >= 0.6 is 0 Å². The molecule has 2 N–H and O–H groups in total. The van der Waals surface area contributed by atoms with Gasteiger partial charge in [0.1, 0.15) is 0 Å². The molecule has 0 bridgehead atoms. The highest BCUT2D eigenvalue weighted by atomic mass is 16.3. The lowest BCUT2D eigenvalue weighted by atomic mass is 10.2. The van der Waals surface area contributed by atoms with Crippen LogP contribution in [0.2, 0.25) is 0 Å². The summed E-state index contributed by atoms with van der Waals surface area (Å²) in [7, 11) is 0. The van der Waals surface area contributed by atoms with Crippen molar-refractivity contribution in [3.05, 3.63) is 23.8 Å². The molecule has 0 radical (unpaired) electrons. The lowest BCUT2D eigenvalue weighted by Crippen LogP contribution is -2.03. The number of allylic oxidation sites excluding steroid dienone is 1. The molecule has 66 valence electrons. The number of rotatable bonds is 4. The number of Topliss-reactive ketones (excluding diaryl/α,β-unsaturated/α-hetero) is 1. The summed E-state index contributed by atoms with van der Waals surface area (Å²) in [6.07, 6.45) is 0.186. The van der Waals surface area contributed by atoms with Gasteiger partial charge in [-0.15, -0.1) is 0 Å². The predicted molar refractivity (Wildman–Crippen MR) is 46.3 cm³/mol. The van der Waals surface area contributed by atoms with Crippen molar-refractivity contribution in [1.29, 1.82) is 0 Å². The van der Waals surface area contributed by atoms with E-state index in [1.807, 2.05) is 0 Å². The van der Waals surface area contributed by atoms with E-state index in [9.17, 15) is 4.79 Å². The first-order valence-corrected chi connectivity index (χ1v) is 3.36. The summed E-state index contributed by atoms with van der Waals surface area (Å²) >= 11 is 0. The van der Waals surface area contributed by atoms with Crippen LogP contribution in [0.25, 0.3) is 0 Å². The van der Waals surface area contributed by atoms with Crippen molar-refractivity contribution in [2.24, 2.45) is 4.99 Å². The molecule has 0 saturated heterocycles. The first-order chi connectivity index (χ1) is 5.54. The Hall–Kier alpha value is -1.58. The Morgan fingerprint density at radius 2 is 2.00 bits per heavy atom. The predicted octanol–water partition coefficient (Wildman–Crippen LogP) is 1.51. The van der Waals surface area contributed by atoms with Gasteiger partial charge in [-0.05, 0) is 6.72 Å². The molecule has 0 heterocycles. The molecule has 0 unspecified atom stereocenters. The highest BCUT2D eigenvalue weighted by Gasteiger charge is 2.13. The second kappa shape index (κ2) is 4.33. The van der Waals surface area contributed by atoms with Crippen LogP contribution < -0.4 is 0 Å². The van der Waals surface area contributed by atoms with Gasteiger partial charge in [0.2, 0.25) is 0 Å². The number of aliphatic imine (C=N–C) groups is 1. The van der Waals surface area contributed by atoms with Crippen molar-refractivity contribution in [1.82, 2.24) is 0 Å². The minimum atomic E-state index is -0.614. The summed E-state index contributed by atoms with van der Waals surface area (Å²) < 4.78 is 0. The normalized spacial score (nSPS) is 11.8. The van der Waals surface area contributed by atoms with Gasteiger partial charge in [0, 0.05) is 6.42 Å². The molecular formula is C8H11NO3. The molecule has 0 aromatic carbocycles. The van der Waals surface area contributed by atoms with E-state index < -0.39 is 17.3 Å². The van der Waals surface area contributed by atoms with Gasteiger partial charge in [0.15, 0.2) is 23.0 Å². The first kappa shape index (κ1) is 10.4. The van der Waals surface area contributed by atoms with E-state index in [4.69, 9.17) is 10.2 Å². The number of nitrogens with zero attached hydrogens (tertiary/aromatic N) is 1. The van der Waals surface area contributed by atoms with Gasteiger partial charge in [-0.3, -0.25) is 9.79 Å². The Kier molecular flexibility index (Phi) is 3.76. The van der Waals surface area contributed by atoms with Crippen molar-refractivity contribution < 1.29 is 15.0 Å². The number of hydrogen-bond donors (Lipinski definition) is 2. The van der Waals surface area contributed by atoms with E-state index in [1.165, 1.54) is 0 Å². The van der Waals surface area contributed by atoms with Gasteiger partial charge in [0.25, 0.3) is 0 Å². The molecule has 0 atom stereocenters. The second-order valence-electron chi connectivity index (χ2n) is 2.08. The van der Waals surface area contributed by atoms with Gasteiger partial charge in [-0.1, -0.05) is 13.5 Å². The molecule has 12 heavy (non-hydrogen) atoms. The fraction of sp³-hybridized carbons (Fsp3) is 0.250. The van der Waals surface area contributed by atoms with Crippen LogP contribution in [0.5, 0.6) is 0 Å². The lowest BCUT2D eigenvalue weighted by molar-refractivity contribution is -0.115. The Morgan fingerprint density at radius 1 is 1.50 bits per heavy atom. The SMILES string of the molecule is C=N/C(C(=O)CC)=C(/O)C(=C)O. The largest absolute Gasteiger partial charge is 0.505 e. The van der Waals surface area contributed by atoms with Crippen molar-refractivity contribution in [3.8, 4) is 0 Å². The third-order valence-corrected chi connectivity index (χ3v) is 1.24. The number of aliphatic hydroxyl groups excluding tert-OH is 2. The highest BCUT2D eigenvalue weighted by Crippen LogP contribution is 2.11. The molecule has 0 fully saturated rings. The van der Waals surface area contributed by atoms with Crippen LogP contribution in [0.4, 0.5) is 0 Å². The molecule has 0 saturated carbocycles. The van der Waals surface area contributed by atoms with E-state index in [-0.39, 0.29) is 12.1 Å². The minimum absolute atomic E-state index is 0.186. The first-order valence-electron chi connectivity index (χ1n) is 3.36. The molecular weight excluding hydrogens is 158 g/mol. The smallest absolute Gasteiger partial charge is 0.186 e. The Bertz CT molecular complexity index is 253. The summed E-state index contributed by atoms with van der Waals surface area (Å²) in [5.74, 6) is -1.59. The zero-order valence-electron chi connectivity index (χ0n) is 6.87. The van der Waals surface area contributed by atoms with Crippen LogP contribution in [0, 0.1) is 0 Å². The van der Waals surface area contributed by atoms with Crippen LogP contribution in [-0.2, 0) is 4.79 Å². The summed E-state index contributed by atoms with van der Waals surface area (Å²) in [5, 5.41) is 17.8. The number of carbonyl (C=O) groups excluding carboxylic acids is 1. The van der Waals surface area contributed by atoms with E-state index in [0.717, 1.165) is 0 Å². The molecule has 0 rings (SSSR count). The van der Waals surface area contributed by atoms with Gasteiger partial charge in [-0.25, -0.2) is 0 Å². The summed E-state index contributed by atoms with van der Waals surface area (Å²) in [6, 6.07) is 0. The quantitative estimate of drug-likeness (QED) is 0.290. The third kappa shape index (κ3) is 2.23. The maximum atomic E-state index is 11.0. The monoisotopic (exact) mass is 169 g/mol. The van der Waals surface area contributed by atoms with Crippen LogP contribution in [-0.4, -0.2) is 22.7 Å². The Morgan fingerprint density at radius 3 is 2.25 bits per heavy atom. The van der Waals surface area contributed by atoms with Crippen molar-refractivity contribution >= 4 is 12.5 Å². The maximum Gasteiger partial charge on any atom is 0.186 e. The Labute approximate surface area is 70.6 Å². The van der Waals surface area contributed by atoms with E-state index in [2.05, 4.69) is 18.3 Å². The van der Waals surface area contributed by atoms with E-state index >= 15 is 0 Å². The van der Waals surface area contributed by atoms with Crippen molar-refractivity contribution in [2.45, 2.75) is 13.3 Å². The molecule has 0 aromatic heterocycles. The maximum absolute atomic E-state index is 11.0. The lowest BCUT2D eigenvalue weighted by Gasteiger charge is -2.01. The summed E-state index contributed by atoms with van der Waals surface area (Å²) in [4.78, 5) is 14.3. The van der Waals surface area contributed by atoms with E-state index in [0.29, 0.717) is 0 Å². The van der Waals surface area contributed by atoms with Crippen molar-refractivity contribution in [2.75, 3.05) is 0 Å². The molecule has 0 amide bonds. The standard InChI is InChI=1S/C8H11NO3/c1-4-6(11)7(9-3)8(12)5(2)10/h10,12H,2-4H2,1H3/b8-7+. The minimum Gasteiger partial charge on any atom is -0.505 e. The van der Waals surface area contributed by atoms with Gasteiger partial charge < -0.3 is 10.2 Å². The molecule has 0 aliphatic rings. The topological polar surface area (TPSA) is 69.9 Å². The highest BCUT2D eigenvalue weighted by molar-refractivity contribution is 5.96. The van der Waals surface area contributed by atoms with Gasteiger partial charge in [0.05, 0.1) is 0 Å². The third-order valence-electron chi connectivity index (χ3n) is 1.24. The molecule has 0 aromatic rings. The molecule has 4 heteroatoms. The van der Waals surface area contributed by atoms with E-state index in [1.54, 1.807) is 6.92 Å².